The van der Waals surface area contributed by atoms with Gasteiger partial charge < -0.3 is 0 Å². The van der Waals surface area contributed by atoms with Crippen molar-refractivity contribution in [3.05, 3.63) is 0 Å². The van der Waals surface area contributed by atoms with E-state index in [0.717, 1.165) is 0 Å². The molecule has 0 saturated heterocycles. The summed E-state index contributed by atoms with van der Waals surface area (Å²) in [5.41, 5.74) is 0. The van der Waals surface area contributed by atoms with Gasteiger partial charge in [-0.15, -0.1) is 23.3 Å². The van der Waals surface area contributed by atoms with Gasteiger partial charge in [0.15, 0.2) is 0 Å². The van der Waals surface area contributed by atoms with E-state index in [2.05, 4.69) is 23.3 Å². The van der Waals surface area contributed by atoms with E-state index in [9.17, 15) is 8.42 Å². The van der Waals surface area contributed by atoms with E-state index >= 15 is 0 Å². The predicted octanol–water partition coefficient (Wildman–Crippen LogP) is 0.397. The Labute approximate surface area is 94.2 Å². The van der Waals surface area contributed by atoms with Gasteiger partial charge in [0.25, 0.3) is 10.1 Å². The number of hydrogen-bond acceptors (Lipinski definition) is 4. The van der Waals surface area contributed by atoms with E-state index in [1.165, 1.54) is 0 Å². The molecule has 0 radical (unpaired) electrons. The van der Waals surface area contributed by atoms with Crippen LogP contribution < -0.4 is 0 Å². The van der Waals surface area contributed by atoms with Crippen LogP contribution in [0.5, 0.6) is 0 Å². The van der Waals surface area contributed by atoms with Crippen LogP contribution in [0.15, 0.2) is 0 Å². The summed E-state index contributed by atoms with van der Waals surface area (Å²) in [4.78, 5) is 0. The Bertz CT molecular complexity index is 132. The normalized spacial score (nSPS) is 8.80. The van der Waals surface area contributed by atoms with Crippen LogP contribution in [0.25, 0.3) is 0 Å². The zero-order chi connectivity index (χ0) is 7.91. The number of hydrogen-bond donors (Lipinski definition) is 3. The average molecular weight is 214 g/mol. The molecule has 0 aromatic heterocycles. The second-order valence-electron chi connectivity index (χ2n) is 1.29. The third-order valence-corrected chi connectivity index (χ3v) is 1.39. The molecule has 1 N–H and O–H groups in total. The van der Waals surface area contributed by atoms with Crippen molar-refractivity contribution in [1.29, 1.82) is 0 Å². The van der Waals surface area contributed by atoms with Crippen LogP contribution >= 0.6 is 23.3 Å². The second kappa shape index (κ2) is 10.6. The Morgan fingerprint density at radius 2 is 1.70 bits per heavy atom. The molecule has 0 aromatic rings. The van der Waals surface area contributed by atoms with E-state index < -0.39 is 10.1 Å². The molecule has 0 rings (SSSR count). The first kappa shape index (κ1) is 17.6. The number of rotatable bonds is 2. The third-order valence-electron chi connectivity index (χ3n) is 0.462. The molecule has 0 amide bonds. The van der Waals surface area contributed by atoms with Crippen LogP contribution in [0, 0.1) is 0 Å². The van der Waals surface area contributed by atoms with Gasteiger partial charge in [0, 0.05) is 0 Å². The van der Waals surface area contributed by atoms with Crippen molar-refractivity contribution in [2.75, 3.05) is 5.75 Å². The molecule has 60 valence electrons. The summed E-state index contributed by atoms with van der Waals surface area (Å²) in [5.74, 6) is -0.132. The van der Waals surface area contributed by atoms with Crippen LogP contribution in [-0.2, 0) is 10.1 Å². The van der Waals surface area contributed by atoms with Crippen molar-refractivity contribution in [2.24, 2.45) is 0 Å². The summed E-state index contributed by atoms with van der Waals surface area (Å²) in [5, 5.41) is 0. The van der Waals surface area contributed by atoms with Crippen LogP contribution in [0.1, 0.15) is 13.3 Å². The summed E-state index contributed by atoms with van der Waals surface area (Å²) in [6.45, 7) is 1.69. The van der Waals surface area contributed by atoms with Crippen LogP contribution in [0.2, 0.25) is 0 Å². The van der Waals surface area contributed by atoms with Gasteiger partial charge in [-0.3, -0.25) is 4.55 Å². The fourth-order valence-electron chi connectivity index (χ4n) is 0.258. The minimum atomic E-state index is -3.67. The van der Waals surface area contributed by atoms with Crippen LogP contribution in [-0.4, -0.2) is 48.3 Å². The molecule has 0 saturated carbocycles. The monoisotopic (exact) mass is 214 g/mol. The SMILES string of the molecule is CCCS(=O)(=O)O.SS.[NaH]. The maximum atomic E-state index is 9.79. The quantitative estimate of drug-likeness (QED) is 0.270. The first-order valence-electron chi connectivity index (χ1n) is 2.21. The zero-order valence-electron chi connectivity index (χ0n) is 4.98. The summed E-state index contributed by atoms with van der Waals surface area (Å²) in [7, 11) is -3.67. The van der Waals surface area contributed by atoms with Crippen molar-refractivity contribution < 1.29 is 13.0 Å². The number of thiol groups is 2. The minimum absolute atomic E-state index is 0. The van der Waals surface area contributed by atoms with Crippen molar-refractivity contribution in [1.82, 2.24) is 0 Å². The fourth-order valence-corrected chi connectivity index (χ4v) is 0.774. The topological polar surface area (TPSA) is 54.4 Å². The first-order valence-corrected chi connectivity index (χ1v) is 5.42. The molecule has 0 aromatic carbocycles. The summed E-state index contributed by atoms with van der Waals surface area (Å²) in [6, 6.07) is 0. The van der Waals surface area contributed by atoms with Gasteiger partial charge in [0.05, 0.1) is 5.75 Å². The molecule has 0 spiro atoms. The van der Waals surface area contributed by atoms with Gasteiger partial charge in [-0.1, -0.05) is 6.92 Å². The Morgan fingerprint density at radius 3 is 1.70 bits per heavy atom. The van der Waals surface area contributed by atoms with E-state index in [0.29, 0.717) is 6.42 Å². The van der Waals surface area contributed by atoms with E-state index in [-0.39, 0.29) is 35.3 Å². The summed E-state index contributed by atoms with van der Waals surface area (Å²) in [6.07, 6.45) is 0.471. The summed E-state index contributed by atoms with van der Waals surface area (Å²) >= 11 is 6.44. The summed E-state index contributed by atoms with van der Waals surface area (Å²) < 4.78 is 27.6. The van der Waals surface area contributed by atoms with Gasteiger partial charge in [0.2, 0.25) is 0 Å². The molecular formula is C3H11NaO3S3. The van der Waals surface area contributed by atoms with Crippen molar-refractivity contribution in [2.45, 2.75) is 13.3 Å². The van der Waals surface area contributed by atoms with Gasteiger partial charge in [-0.2, -0.15) is 8.42 Å². The Kier molecular flexibility index (Phi) is 18.7. The Balaban J connectivity index is -0.000000149. The fraction of sp³-hybridized carbons (Fsp3) is 1.00. The van der Waals surface area contributed by atoms with Crippen molar-refractivity contribution in [3.8, 4) is 0 Å². The molecule has 0 aliphatic carbocycles. The molecule has 0 bridgehead atoms. The third kappa shape index (κ3) is 22.6. The van der Waals surface area contributed by atoms with Crippen molar-refractivity contribution >= 4 is 63.0 Å². The second-order valence-corrected chi connectivity index (χ2v) is 2.86. The average Bonchev–Trinajstić information content (AvgIpc) is 1.69. The van der Waals surface area contributed by atoms with Gasteiger partial charge in [0.1, 0.15) is 0 Å². The van der Waals surface area contributed by atoms with Crippen LogP contribution in [0.4, 0.5) is 0 Å². The van der Waals surface area contributed by atoms with Gasteiger partial charge >= 0.3 is 29.6 Å². The van der Waals surface area contributed by atoms with Crippen LogP contribution in [0.3, 0.4) is 0 Å². The maximum absolute atomic E-state index is 9.79. The van der Waals surface area contributed by atoms with E-state index in [4.69, 9.17) is 4.55 Å². The Hall–Kier alpha value is 1.61. The van der Waals surface area contributed by atoms with Gasteiger partial charge in [-0.25, -0.2) is 0 Å². The molecular weight excluding hydrogens is 203 g/mol. The zero-order valence-corrected chi connectivity index (χ0v) is 7.59. The molecule has 10 heavy (non-hydrogen) atoms. The van der Waals surface area contributed by atoms with Gasteiger partial charge in [-0.05, 0) is 6.42 Å². The van der Waals surface area contributed by atoms with E-state index in [1.54, 1.807) is 6.92 Å². The van der Waals surface area contributed by atoms with E-state index in [1.807, 2.05) is 0 Å². The Morgan fingerprint density at radius 1 is 1.40 bits per heavy atom. The molecule has 0 atom stereocenters. The molecule has 0 aliphatic heterocycles. The molecule has 7 heteroatoms. The molecule has 0 unspecified atom stereocenters. The van der Waals surface area contributed by atoms with Crippen molar-refractivity contribution in [3.63, 3.8) is 0 Å². The molecule has 0 heterocycles. The standard InChI is InChI=1S/C3H8O3S.Na.H2S2.H/c1-2-3-7(4,5)6;;1-2;/h2-3H2,1H3,(H,4,5,6);;1-2H;. The molecule has 3 nitrogen and oxygen atoms in total. The molecule has 0 aliphatic rings. The first-order chi connectivity index (χ1) is 4.06. The predicted molar refractivity (Wildman–Crippen MR) is 51.8 cm³/mol. The molecule has 0 fully saturated rings.